The van der Waals surface area contributed by atoms with Crippen LogP contribution in [0.2, 0.25) is 0 Å². The quantitative estimate of drug-likeness (QED) is 0.624. The lowest BCUT2D eigenvalue weighted by Gasteiger charge is -2.09. The van der Waals surface area contributed by atoms with E-state index in [0.717, 1.165) is 32.9 Å². The van der Waals surface area contributed by atoms with Crippen LogP contribution in [0.5, 0.6) is 0 Å². The molecule has 5 heteroatoms. The number of carbonyl (C=O) groups is 1. The first kappa shape index (κ1) is 10.4. The summed E-state index contributed by atoms with van der Waals surface area (Å²) < 4.78 is 1.08. The molecule has 1 aromatic heterocycles. The summed E-state index contributed by atoms with van der Waals surface area (Å²) in [6.07, 6.45) is 0. The van der Waals surface area contributed by atoms with Crippen molar-refractivity contribution in [3.05, 3.63) is 23.1 Å². The molecule has 88 valence electrons. The highest BCUT2D eigenvalue weighted by Gasteiger charge is 2.23. The van der Waals surface area contributed by atoms with Gasteiger partial charge in [-0.1, -0.05) is 0 Å². The van der Waals surface area contributed by atoms with Crippen LogP contribution >= 0.6 is 11.3 Å². The van der Waals surface area contributed by atoms with Gasteiger partial charge in [0.15, 0.2) is 0 Å². The molecule has 3 rings (SSSR count). The lowest BCUT2D eigenvalue weighted by atomic mass is 10.2. The van der Waals surface area contributed by atoms with Crippen molar-refractivity contribution in [1.29, 1.82) is 0 Å². The van der Waals surface area contributed by atoms with Gasteiger partial charge in [-0.2, -0.15) is 0 Å². The Morgan fingerprint density at radius 2 is 2.29 bits per heavy atom. The van der Waals surface area contributed by atoms with Gasteiger partial charge in [0.2, 0.25) is 0 Å². The third-order valence-corrected chi connectivity index (χ3v) is 4.05. The van der Waals surface area contributed by atoms with E-state index in [0.29, 0.717) is 0 Å². The third kappa shape index (κ3) is 1.63. The summed E-state index contributed by atoms with van der Waals surface area (Å²) in [5.41, 5.74) is 7.43. The van der Waals surface area contributed by atoms with E-state index in [1.807, 2.05) is 25.1 Å². The van der Waals surface area contributed by atoms with Gasteiger partial charge in [0.25, 0.3) is 5.91 Å². The van der Waals surface area contributed by atoms with E-state index in [9.17, 15) is 4.79 Å². The zero-order chi connectivity index (χ0) is 12.0. The highest BCUT2D eigenvalue weighted by molar-refractivity contribution is 7.21. The van der Waals surface area contributed by atoms with Crippen LogP contribution in [0.25, 0.3) is 10.1 Å². The van der Waals surface area contributed by atoms with Crippen LogP contribution in [0.15, 0.2) is 18.2 Å². The van der Waals surface area contributed by atoms with Crippen molar-refractivity contribution in [1.82, 2.24) is 5.32 Å². The molecule has 0 bridgehead atoms. The van der Waals surface area contributed by atoms with Gasteiger partial charge in [-0.25, -0.2) is 0 Å². The van der Waals surface area contributed by atoms with Crippen LogP contribution in [0.4, 0.5) is 11.4 Å². The largest absolute Gasteiger partial charge is 0.399 e. The topological polar surface area (TPSA) is 67.1 Å². The number of hydrogen-bond donors (Lipinski definition) is 3. The van der Waals surface area contributed by atoms with Gasteiger partial charge < -0.3 is 16.4 Å². The Balaban J connectivity index is 2.24. The van der Waals surface area contributed by atoms with E-state index >= 15 is 0 Å². The van der Waals surface area contributed by atoms with Gasteiger partial charge in [0.1, 0.15) is 4.88 Å². The molecule has 1 aromatic carbocycles. The predicted octanol–water partition coefficient (Wildman–Crippen LogP) is 2.03. The van der Waals surface area contributed by atoms with Crippen molar-refractivity contribution >= 4 is 38.7 Å². The second kappa shape index (κ2) is 3.63. The minimum absolute atomic E-state index is 0.00253. The Morgan fingerprint density at radius 1 is 1.47 bits per heavy atom. The fourth-order valence-electron chi connectivity index (χ4n) is 2.05. The molecule has 0 saturated heterocycles. The van der Waals surface area contributed by atoms with E-state index < -0.39 is 0 Å². The van der Waals surface area contributed by atoms with Gasteiger partial charge in [-0.3, -0.25) is 4.79 Å². The molecule has 0 aliphatic carbocycles. The first-order valence-corrected chi connectivity index (χ1v) is 6.33. The van der Waals surface area contributed by atoms with Crippen LogP contribution in [0, 0.1) is 0 Å². The number of anilines is 2. The number of thiophene rings is 1. The number of carbonyl (C=O) groups excluding carboxylic acids is 1. The SMILES string of the molecule is CC1CNc2c(sc3ccc(N)cc23)C(=O)N1. The minimum atomic E-state index is -0.00253. The summed E-state index contributed by atoms with van der Waals surface area (Å²) in [5, 5.41) is 7.31. The number of fused-ring (bicyclic) bond motifs is 3. The monoisotopic (exact) mass is 247 g/mol. The molecule has 1 unspecified atom stereocenters. The van der Waals surface area contributed by atoms with E-state index in [-0.39, 0.29) is 11.9 Å². The minimum Gasteiger partial charge on any atom is -0.399 e. The average Bonchev–Trinajstić information content (AvgIpc) is 2.57. The van der Waals surface area contributed by atoms with Gasteiger partial charge in [0, 0.05) is 28.4 Å². The summed E-state index contributed by atoms with van der Waals surface area (Å²) in [5.74, 6) is -0.00253. The highest BCUT2D eigenvalue weighted by Crippen LogP contribution is 2.37. The summed E-state index contributed by atoms with van der Waals surface area (Å²) >= 11 is 1.50. The standard InChI is InChI=1S/C12H13N3OS/c1-6-5-14-10-8-4-7(13)2-3-9(8)17-11(10)12(16)15-6/h2-4,6,14H,5,13H2,1H3,(H,15,16). The summed E-state index contributed by atoms with van der Waals surface area (Å²) in [4.78, 5) is 12.7. The van der Waals surface area contributed by atoms with Gasteiger partial charge in [-0.05, 0) is 25.1 Å². The zero-order valence-corrected chi connectivity index (χ0v) is 10.2. The molecular weight excluding hydrogens is 234 g/mol. The third-order valence-electron chi connectivity index (χ3n) is 2.88. The molecule has 1 atom stereocenters. The van der Waals surface area contributed by atoms with Crippen LogP contribution in [-0.4, -0.2) is 18.5 Å². The molecule has 0 saturated carbocycles. The Morgan fingerprint density at radius 3 is 3.12 bits per heavy atom. The molecule has 4 N–H and O–H groups in total. The Kier molecular flexibility index (Phi) is 2.22. The van der Waals surface area contributed by atoms with Crippen LogP contribution in [-0.2, 0) is 0 Å². The van der Waals surface area contributed by atoms with Crippen LogP contribution < -0.4 is 16.4 Å². The molecule has 4 nitrogen and oxygen atoms in total. The number of hydrogen-bond acceptors (Lipinski definition) is 4. The van der Waals surface area contributed by atoms with Crippen LogP contribution in [0.1, 0.15) is 16.6 Å². The Hall–Kier alpha value is -1.75. The summed E-state index contributed by atoms with van der Waals surface area (Å²) in [7, 11) is 0. The van der Waals surface area contributed by atoms with Crippen molar-refractivity contribution in [2.75, 3.05) is 17.6 Å². The summed E-state index contributed by atoms with van der Waals surface area (Å²) in [6.45, 7) is 2.72. The molecule has 1 amide bonds. The number of nitrogen functional groups attached to an aromatic ring is 1. The molecule has 2 heterocycles. The molecule has 1 aliphatic heterocycles. The second-order valence-electron chi connectivity index (χ2n) is 4.32. The van der Waals surface area contributed by atoms with Gasteiger partial charge >= 0.3 is 0 Å². The van der Waals surface area contributed by atoms with E-state index in [1.165, 1.54) is 11.3 Å². The number of nitrogens with two attached hydrogens (primary N) is 1. The molecule has 1 aliphatic rings. The number of nitrogens with one attached hydrogen (secondary N) is 2. The van der Waals surface area contributed by atoms with E-state index in [4.69, 9.17) is 5.73 Å². The van der Waals surface area contributed by atoms with Crippen molar-refractivity contribution in [3.63, 3.8) is 0 Å². The highest BCUT2D eigenvalue weighted by atomic mass is 32.1. The first-order chi connectivity index (χ1) is 8.15. The van der Waals surface area contributed by atoms with E-state index in [2.05, 4.69) is 10.6 Å². The lowest BCUT2D eigenvalue weighted by Crippen LogP contribution is -2.34. The van der Waals surface area contributed by atoms with Gasteiger partial charge in [-0.15, -0.1) is 11.3 Å². The number of benzene rings is 1. The summed E-state index contributed by atoms with van der Waals surface area (Å²) in [6, 6.07) is 5.88. The van der Waals surface area contributed by atoms with Gasteiger partial charge in [0.05, 0.1) is 5.69 Å². The fourth-order valence-corrected chi connectivity index (χ4v) is 3.11. The van der Waals surface area contributed by atoms with Crippen LogP contribution in [0.3, 0.4) is 0 Å². The Bertz CT molecular complexity index is 605. The number of rotatable bonds is 0. The van der Waals surface area contributed by atoms with Crippen molar-refractivity contribution in [2.24, 2.45) is 0 Å². The smallest absolute Gasteiger partial charge is 0.263 e. The number of amides is 1. The molecular formula is C12H13N3OS. The maximum atomic E-state index is 12.0. The molecule has 0 spiro atoms. The second-order valence-corrected chi connectivity index (χ2v) is 5.37. The molecule has 0 fully saturated rings. The first-order valence-electron chi connectivity index (χ1n) is 5.52. The maximum Gasteiger partial charge on any atom is 0.263 e. The fraction of sp³-hybridized carbons (Fsp3) is 0.250. The average molecular weight is 247 g/mol. The van der Waals surface area contributed by atoms with Crippen molar-refractivity contribution < 1.29 is 4.79 Å². The van der Waals surface area contributed by atoms with Crippen molar-refractivity contribution in [3.8, 4) is 0 Å². The molecule has 17 heavy (non-hydrogen) atoms. The van der Waals surface area contributed by atoms with E-state index in [1.54, 1.807) is 0 Å². The maximum absolute atomic E-state index is 12.0. The lowest BCUT2D eigenvalue weighted by molar-refractivity contribution is 0.0949. The van der Waals surface area contributed by atoms with Crippen molar-refractivity contribution in [2.45, 2.75) is 13.0 Å². The predicted molar refractivity (Wildman–Crippen MR) is 71.7 cm³/mol. The normalized spacial score (nSPS) is 19.4. The molecule has 0 radical (unpaired) electrons. The Labute approximate surface area is 103 Å². The molecule has 2 aromatic rings. The zero-order valence-electron chi connectivity index (χ0n) is 9.41.